The van der Waals surface area contributed by atoms with E-state index in [1.807, 2.05) is 22.6 Å². The van der Waals surface area contributed by atoms with Gasteiger partial charge >= 0.3 is 5.97 Å². The van der Waals surface area contributed by atoms with Gasteiger partial charge in [0.15, 0.2) is 0 Å². The molecule has 0 fully saturated rings. The fraction of sp³-hybridized carbons (Fsp3) is 0.667. The first-order valence-corrected chi connectivity index (χ1v) is 6.20. The number of halogens is 3. The normalized spacial score (nSPS) is 18.0. The molecule has 0 saturated heterocycles. The van der Waals surface area contributed by atoms with Crippen molar-refractivity contribution in [3.8, 4) is 0 Å². The molecule has 0 bridgehead atoms. The summed E-state index contributed by atoms with van der Waals surface area (Å²) in [5, 5.41) is 26.8. The van der Waals surface area contributed by atoms with Crippen LogP contribution in [0.5, 0.6) is 0 Å². The highest BCUT2D eigenvalue weighted by Crippen LogP contribution is 2.26. The van der Waals surface area contributed by atoms with E-state index >= 15 is 0 Å². The molecular weight excluding hydrogens is 351 g/mol. The zero-order valence-electron chi connectivity index (χ0n) is 8.76. The molecular formula is C9H14F2INO4. The summed E-state index contributed by atoms with van der Waals surface area (Å²) in [6.45, 7) is 0. The van der Waals surface area contributed by atoms with Crippen LogP contribution in [0.15, 0.2) is 12.2 Å². The Morgan fingerprint density at radius 3 is 2.35 bits per heavy atom. The van der Waals surface area contributed by atoms with E-state index in [4.69, 9.17) is 10.8 Å². The minimum atomic E-state index is -3.63. The maximum absolute atomic E-state index is 13.3. The van der Waals surface area contributed by atoms with E-state index in [0.717, 1.165) is 6.08 Å². The molecule has 17 heavy (non-hydrogen) atoms. The average Bonchev–Trinajstić information content (AvgIpc) is 2.26. The minimum Gasteiger partial charge on any atom is -0.480 e. The number of aliphatic hydroxyl groups excluding tert-OH is 2. The Morgan fingerprint density at radius 2 is 1.94 bits per heavy atom. The molecule has 0 aromatic rings. The van der Waals surface area contributed by atoms with Gasteiger partial charge in [0.25, 0.3) is 5.92 Å². The third-order valence-electron chi connectivity index (χ3n) is 2.06. The predicted octanol–water partition coefficient (Wildman–Crippen LogP) is 0.137. The Bertz CT molecular complexity index is 288. The molecule has 100 valence electrons. The highest BCUT2D eigenvalue weighted by Gasteiger charge is 2.45. The van der Waals surface area contributed by atoms with Crippen molar-refractivity contribution < 1.29 is 28.9 Å². The van der Waals surface area contributed by atoms with Crippen molar-refractivity contribution in [2.24, 2.45) is 5.73 Å². The molecule has 0 aromatic heterocycles. The summed E-state index contributed by atoms with van der Waals surface area (Å²) in [5.41, 5.74) is 4.95. The van der Waals surface area contributed by atoms with Gasteiger partial charge < -0.3 is 21.1 Å². The number of allylic oxidation sites excluding steroid dienone is 2. The summed E-state index contributed by atoms with van der Waals surface area (Å²) in [7, 11) is 0. The van der Waals surface area contributed by atoms with E-state index in [2.05, 4.69) is 0 Å². The third kappa shape index (κ3) is 5.23. The summed E-state index contributed by atoms with van der Waals surface area (Å²) in [6, 6.07) is -1.95. The molecule has 0 aliphatic rings. The van der Waals surface area contributed by atoms with Crippen molar-refractivity contribution >= 4 is 28.6 Å². The number of carboxylic acids is 1. The minimum absolute atomic E-state index is 0.529. The summed E-state index contributed by atoms with van der Waals surface area (Å²) in [6.07, 6.45) is -2.93. The van der Waals surface area contributed by atoms with Crippen LogP contribution >= 0.6 is 22.6 Å². The van der Waals surface area contributed by atoms with Crippen molar-refractivity contribution in [3.63, 3.8) is 0 Å². The van der Waals surface area contributed by atoms with Crippen LogP contribution in [0.25, 0.3) is 0 Å². The molecule has 0 amide bonds. The number of aliphatic carboxylic acids is 1. The lowest BCUT2D eigenvalue weighted by Gasteiger charge is -2.27. The van der Waals surface area contributed by atoms with E-state index in [0.29, 0.717) is 4.43 Å². The molecule has 0 radical (unpaired) electrons. The molecule has 3 atom stereocenters. The fourth-order valence-corrected chi connectivity index (χ4v) is 1.38. The highest BCUT2D eigenvalue weighted by molar-refractivity contribution is 14.1. The van der Waals surface area contributed by atoms with E-state index < -0.39 is 36.6 Å². The smallest absolute Gasteiger partial charge is 0.323 e. The Morgan fingerprint density at radius 1 is 1.41 bits per heavy atom. The van der Waals surface area contributed by atoms with Crippen molar-refractivity contribution in [1.29, 1.82) is 0 Å². The summed E-state index contributed by atoms with van der Waals surface area (Å²) >= 11 is 1.95. The molecule has 0 heterocycles. The number of carboxylic acid groups (broad SMARTS) is 1. The standard InChI is InChI=1S/C9H14F2INO4/c10-9(11,3-1-2-4-12)7(15)6(14)5(13)8(16)17/h1-2,5-7,14-15H,3-4,13H2,(H,16,17)/b2-1+. The topological polar surface area (TPSA) is 104 Å². The van der Waals surface area contributed by atoms with Gasteiger partial charge in [0.2, 0.25) is 0 Å². The third-order valence-corrected chi connectivity index (χ3v) is 2.56. The van der Waals surface area contributed by atoms with Gasteiger partial charge in [-0.05, 0) is 0 Å². The Hall–Kier alpha value is -0.320. The van der Waals surface area contributed by atoms with Crippen LogP contribution in [0.4, 0.5) is 8.78 Å². The van der Waals surface area contributed by atoms with E-state index in [-0.39, 0.29) is 0 Å². The van der Waals surface area contributed by atoms with Crippen LogP contribution in [0.3, 0.4) is 0 Å². The second-order valence-corrected chi connectivity index (χ2v) is 4.27. The largest absolute Gasteiger partial charge is 0.480 e. The quantitative estimate of drug-likeness (QED) is 0.292. The van der Waals surface area contributed by atoms with Gasteiger partial charge in [-0.25, -0.2) is 8.78 Å². The number of alkyl halides is 3. The lowest BCUT2D eigenvalue weighted by molar-refractivity contribution is -0.165. The molecule has 0 saturated carbocycles. The zero-order valence-corrected chi connectivity index (χ0v) is 10.9. The number of carbonyl (C=O) groups is 1. The molecule has 0 spiro atoms. The molecule has 5 N–H and O–H groups in total. The van der Waals surface area contributed by atoms with Crippen molar-refractivity contribution in [1.82, 2.24) is 0 Å². The number of hydrogen-bond acceptors (Lipinski definition) is 4. The van der Waals surface area contributed by atoms with E-state index in [1.165, 1.54) is 6.08 Å². The highest BCUT2D eigenvalue weighted by atomic mass is 127. The van der Waals surface area contributed by atoms with Gasteiger partial charge in [0.05, 0.1) is 0 Å². The first kappa shape index (κ1) is 16.7. The van der Waals surface area contributed by atoms with Gasteiger partial charge in [0.1, 0.15) is 18.2 Å². The molecule has 0 aromatic carbocycles. The lowest BCUT2D eigenvalue weighted by Crippen LogP contribution is -2.54. The number of aliphatic hydroxyl groups is 2. The molecule has 0 aliphatic heterocycles. The molecule has 5 nitrogen and oxygen atoms in total. The number of rotatable bonds is 7. The molecule has 0 aliphatic carbocycles. The van der Waals surface area contributed by atoms with Crippen LogP contribution in [-0.4, -0.2) is 49.9 Å². The number of nitrogens with two attached hydrogens (primary N) is 1. The Kier molecular flexibility index (Phi) is 7.05. The predicted molar refractivity (Wildman–Crippen MR) is 65.2 cm³/mol. The number of hydrogen-bond donors (Lipinski definition) is 4. The summed E-state index contributed by atoms with van der Waals surface area (Å²) in [4.78, 5) is 10.4. The maximum Gasteiger partial charge on any atom is 0.323 e. The Labute approximate surface area is 110 Å². The van der Waals surface area contributed by atoms with Crippen molar-refractivity contribution in [2.45, 2.75) is 30.6 Å². The maximum atomic E-state index is 13.3. The zero-order chi connectivity index (χ0) is 13.6. The summed E-state index contributed by atoms with van der Waals surface area (Å²) in [5.74, 6) is -5.29. The second kappa shape index (κ2) is 7.19. The van der Waals surface area contributed by atoms with Gasteiger partial charge in [-0.2, -0.15) is 0 Å². The summed E-state index contributed by atoms with van der Waals surface area (Å²) < 4.78 is 27.1. The van der Waals surface area contributed by atoms with Crippen LogP contribution in [0, 0.1) is 0 Å². The Balaban J connectivity index is 4.60. The average molecular weight is 365 g/mol. The van der Waals surface area contributed by atoms with Crippen LogP contribution < -0.4 is 5.73 Å². The first-order valence-electron chi connectivity index (χ1n) is 4.67. The van der Waals surface area contributed by atoms with Crippen LogP contribution in [0.2, 0.25) is 0 Å². The molecule has 0 rings (SSSR count). The van der Waals surface area contributed by atoms with Crippen LogP contribution in [-0.2, 0) is 4.79 Å². The van der Waals surface area contributed by atoms with Crippen molar-refractivity contribution in [3.05, 3.63) is 12.2 Å². The van der Waals surface area contributed by atoms with Gasteiger partial charge in [-0.15, -0.1) is 0 Å². The van der Waals surface area contributed by atoms with E-state index in [9.17, 15) is 23.8 Å². The first-order chi connectivity index (χ1) is 7.74. The fourth-order valence-electron chi connectivity index (χ4n) is 1.02. The SMILES string of the molecule is NC(C(=O)O)C(O)C(O)C(F)(F)C/C=C/CI. The van der Waals surface area contributed by atoms with E-state index in [1.54, 1.807) is 0 Å². The van der Waals surface area contributed by atoms with Crippen LogP contribution in [0.1, 0.15) is 6.42 Å². The van der Waals surface area contributed by atoms with Crippen molar-refractivity contribution in [2.75, 3.05) is 4.43 Å². The monoisotopic (exact) mass is 365 g/mol. The second-order valence-electron chi connectivity index (χ2n) is 3.39. The van der Waals surface area contributed by atoms with Gasteiger partial charge in [0, 0.05) is 10.8 Å². The van der Waals surface area contributed by atoms with Gasteiger partial charge in [-0.1, -0.05) is 34.7 Å². The molecule has 8 heteroatoms. The molecule has 3 unspecified atom stereocenters. The lowest BCUT2D eigenvalue weighted by atomic mass is 9.98. The van der Waals surface area contributed by atoms with Gasteiger partial charge in [-0.3, -0.25) is 4.79 Å².